The quantitative estimate of drug-likeness (QED) is 0.455. The number of hydrogen-bond donors (Lipinski definition) is 1. The van der Waals surface area contributed by atoms with E-state index >= 15 is 0 Å². The maximum atomic E-state index is 13.1. The van der Waals surface area contributed by atoms with Gasteiger partial charge in [0.1, 0.15) is 11.3 Å². The van der Waals surface area contributed by atoms with Crippen LogP contribution < -0.4 is 15.5 Å². The lowest BCUT2D eigenvalue weighted by molar-refractivity contribution is 0.102. The van der Waals surface area contributed by atoms with E-state index in [4.69, 9.17) is 4.74 Å². The highest BCUT2D eigenvalue weighted by Crippen LogP contribution is 2.28. The van der Waals surface area contributed by atoms with E-state index in [0.29, 0.717) is 28.1 Å². The zero-order chi connectivity index (χ0) is 21.8. The number of rotatable bonds is 6. The third kappa shape index (κ3) is 4.68. The molecule has 0 saturated heterocycles. The van der Waals surface area contributed by atoms with Crippen LogP contribution in [0, 0.1) is 13.8 Å². The molecule has 3 rings (SSSR count). The lowest BCUT2D eigenvalue weighted by Crippen LogP contribution is -2.28. The smallest absolute Gasteiger partial charge is 0.261 e. The Balaban J connectivity index is 1.97. The minimum atomic E-state index is -0.465. The van der Waals surface area contributed by atoms with Gasteiger partial charge < -0.3 is 14.6 Å². The average molecular weight is 534 g/mol. The van der Waals surface area contributed by atoms with Gasteiger partial charge in [-0.15, -0.1) is 0 Å². The van der Waals surface area contributed by atoms with Crippen molar-refractivity contribution in [1.29, 1.82) is 0 Å². The lowest BCUT2D eigenvalue weighted by Gasteiger charge is -2.19. The number of carbonyl (C=O) groups is 1. The molecule has 0 unspecified atom stereocenters. The molecule has 0 fully saturated rings. The molecule has 0 aliphatic carbocycles. The van der Waals surface area contributed by atoms with Crippen LogP contribution in [0.3, 0.4) is 0 Å². The maximum absolute atomic E-state index is 13.1. The third-order valence-corrected chi connectivity index (χ3v) is 6.45. The highest BCUT2D eigenvalue weighted by atomic mass is 79.9. The fourth-order valence-electron chi connectivity index (χ4n) is 3.38. The Morgan fingerprint density at radius 3 is 2.43 bits per heavy atom. The van der Waals surface area contributed by atoms with Crippen LogP contribution in [0.1, 0.15) is 27.3 Å². The summed E-state index contributed by atoms with van der Waals surface area (Å²) in [5, 5.41) is 2.82. The zero-order valence-electron chi connectivity index (χ0n) is 17.0. The predicted molar refractivity (Wildman–Crippen MR) is 127 cm³/mol. The molecule has 1 aromatic heterocycles. The number of anilines is 1. The van der Waals surface area contributed by atoms with Gasteiger partial charge in [0.05, 0.1) is 17.3 Å². The summed E-state index contributed by atoms with van der Waals surface area (Å²) in [4.78, 5) is 26.0. The van der Waals surface area contributed by atoms with Crippen LogP contribution >= 0.6 is 31.9 Å². The first kappa shape index (κ1) is 22.3. The van der Waals surface area contributed by atoms with Crippen molar-refractivity contribution in [3.05, 3.63) is 90.2 Å². The largest absolute Gasteiger partial charge is 0.495 e. The van der Waals surface area contributed by atoms with Gasteiger partial charge in [0.15, 0.2) is 0 Å². The van der Waals surface area contributed by atoms with Crippen LogP contribution in [0.25, 0.3) is 0 Å². The van der Waals surface area contributed by atoms with Crippen LogP contribution in [0.15, 0.2) is 62.3 Å². The number of aromatic nitrogens is 1. The van der Waals surface area contributed by atoms with Crippen LogP contribution in [0.5, 0.6) is 5.75 Å². The maximum Gasteiger partial charge on any atom is 0.261 e. The Morgan fingerprint density at radius 1 is 1.07 bits per heavy atom. The number of nitrogens with one attached hydrogen (secondary N) is 1. The van der Waals surface area contributed by atoms with Crippen molar-refractivity contribution in [3.8, 4) is 5.75 Å². The van der Waals surface area contributed by atoms with E-state index in [1.807, 2.05) is 29.7 Å². The van der Waals surface area contributed by atoms with E-state index in [-0.39, 0.29) is 11.0 Å². The summed E-state index contributed by atoms with van der Waals surface area (Å²) in [5.41, 5.74) is 2.91. The second kappa shape index (κ2) is 9.62. The van der Waals surface area contributed by atoms with E-state index in [0.717, 1.165) is 16.6 Å². The SMILES string of the molecule is COc1cc(Br)ccc1NC(=O)c1c(C)n(CCc2ccccc2)c(C)c(Br)c1=O. The van der Waals surface area contributed by atoms with E-state index in [2.05, 4.69) is 49.3 Å². The monoisotopic (exact) mass is 532 g/mol. The lowest BCUT2D eigenvalue weighted by atomic mass is 10.1. The summed E-state index contributed by atoms with van der Waals surface area (Å²) >= 11 is 6.77. The zero-order valence-corrected chi connectivity index (χ0v) is 20.1. The molecule has 0 radical (unpaired) electrons. The molecule has 5 nitrogen and oxygen atoms in total. The fraction of sp³-hybridized carbons (Fsp3) is 0.217. The first-order valence-corrected chi connectivity index (χ1v) is 11.0. The first-order valence-electron chi connectivity index (χ1n) is 9.41. The van der Waals surface area contributed by atoms with Gasteiger partial charge in [-0.1, -0.05) is 46.3 Å². The van der Waals surface area contributed by atoms with Gasteiger partial charge in [-0.05, 0) is 60.0 Å². The summed E-state index contributed by atoms with van der Waals surface area (Å²) < 4.78 is 8.57. The second-order valence-corrected chi connectivity index (χ2v) is 8.58. The number of halogens is 2. The number of aryl methyl sites for hydroxylation is 1. The third-order valence-electron chi connectivity index (χ3n) is 5.02. The standard InChI is InChI=1S/C23H22Br2N2O3/c1-14-20(23(29)26-18-10-9-17(24)13-19(18)30-3)22(28)21(25)15(2)27(14)12-11-16-7-5-4-6-8-16/h4-10,13H,11-12H2,1-3H3,(H,26,29). The molecule has 30 heavy (non-hydrogen) atoms. The van der Waals surface area contributed by atoms with E-state index in [1.54, 1.807) is 25.1 Å². The van der Waals surface area contributed by atoms with Crippen molar-refractivity contribution in [3.63, 3.8) is 0 Å². The highest BCUT2D eigenvalue weighted by Gasteiger charge is 2.22. The van der Waals surface area contributed by atoms with Gasteiger partial charge in [-0.2, -0.15) is 0 Å². The van der Waals surface area contributed by atoms with Crippen molar-refractivity contribution in [2.75, 3.05) is 12.4 Å². The van der Waals surface area contributed by atoms with E-state index in [1.165, 1.54) is 12.7 Å². The molecule has 0 aliphatic rings. The van der Waals surface area contributed by atoms with Crippen molar-refractivity contribution in [2.45, 2.75) is 26.8 Å². The molecule has 1 amide bonds. The molecule has 2 aromatic carbocycles. The van der Waals surface area contributed by atoms with Gasteiger partial charge >= 0.3 is 0 Å². The molecular weight excluding hydrogens is 512 g/mol. The van der Waals surface area contributed by atoms with Crippen LogP contribution in [0.2, 0.25) is 0 Å². The van der Waals surface area contributed by atoms with Crippen LogP contribution in [-0.2, 0) is 13.0 Å². The van der Waals surface area contributed by atoms with Crippen molar-refractivity contribution >= 4 is 43.5 Å². The summed E-state index contributed by atoms with van der Waals surface area (Å²) in [5.74, 6) is 0.0400. The van der Waals surface area contributed by atoms with Crippen LogP contribution in [-0.4, -0.2) is 17.6 Å². The van der Waals surface area contributed by atoms with Crippen molar-refractivity contribution in [2.24, 2.45) is 0 Å². The highest BCUT2D eigenvalue weighted by molar-refractivity contribution is 9.10. The predicted octanol–water partition coefficient (Wildman–Crippen LogP) is 5.49. The Kier molecular flexibility index (Phi) is 7.15. The molecule has 7 heteroatoms. The Bertz CT molecular complexity index is 1140. The van der Waals surface area contributed by atoms with E-state index in [9.17, 15) is 9.59 Å². The van der Waals surface area contributed by atoms with Gasteiger partial charge in [0.2, 0.25) is 5.43 Å². The number of carbonyl (C=O) groups excluding carboxylic acids is 1. The molecular formula is C23H22Br2N2O3. The Labute approximate surface area is 192 Å². The number of hydrogen-bond acceptors (Lipinski definition) is 3. The number of benzene rings is 2. The second-order valence-electron chi connectivity index (χ2n) is 6.87. The average Bonchev–Trinajstić information content (AvgIpc) is 2.74. The minimum absolute atomic E-state index is 0.116. The van der Waals surface area contributed by atoms with Gasteiger partial charge in [-0.25, -0.2) is 0 Å². The number of pyridine rings is 1. The molecule has 1 heterocycles. The molecule has 3 aromatic rings. The molecule has 0 atom stereocenters. The van der Waals surface area contributed by atoms with Gasteiger partial charge in [0, 0.05) is 22.4 Å². The summed E-state index contributed by atoms with van der Waals surface area (Å²) in [6, 6.07) is 15.4. The molecule has 1 N–H and O–H groups in total. The molecule has 0 spiro atoms. The van der Waals surface area contributed by atoms with Crippen molar-refractivity contribution < 1.29 is 9.53 Å². The number of nitrogens with zero attached hydrogens (tertiary/aromatic N) is 1. The van der Waals surface area contributed by atoms with E-state index < -0.39 is 5.91 Å². The molecule has 156 valence electrons. The fourth-order valence-corrected chi connectivity index (χ4v) is 4.14. The number of methoxy groups -OCH3 is 1. The minimum Gasteiger partial charge on any atom is -0.495 e. The molecule has 0 saturated carbocycles. The molecule has 0 bridgehead atoms. The Morgan fingerprint density at radius 2 is 1.77 bits per heavy atom. The summed E-state index contributed by atoms with van der Waals surface area (Å²) in [7, 11) is 1.53. The summed E-state index contributed by atoms with van der Waals surface area (Å²) in [6.07, 6.45) is 0.791. The number of amides is 1. The normalized spacial score (nSPS) is 10.7. The summed E-state index contributed by atoms with van der Waals surface area (Å²) in [6.45, 7) is 4.34. The van der Waals surface area contributed by atoms with Crippen molar-refractivity contribution in [1.82, 2.24) is 4.57 Å². The van der Waals surface area contributed by atoms with Gasteiger partial charge in [-0.3, -0.25) is 9.59 Å². The van der Waals surface area contributed by atoms with Gasteiger partial charge in [0.25, 0.3) is 5.91 Å². The Hall–Kier alpha value is -2.38. The number of ether oxygens (including phenoxy) is 1. The molecule has 0 aliphatic heterocycles. The first-order chi connectivity index (χ1) is 14.3. The topological polar surface area (TPSA) is 60.3 Å². The van der Waals surface area contributed by atoms with Crippen LogP contribution in [0.4, 0.5) is 5.69 Å².